The van der Waals surface area contributed by atoms with E-state index in [1.54, 1.807) is 41.0 Å². The van der Waals surface area contributed by atoms with Crippen molar-refractivity contribution >= 4 is 35.1 Å². The van der Waals surface area contributed by atoms with Crippen molar-refractivity contribution in [3.8, 4) is 0 Å². The second kappa shape index (κ2) is 10.1. The van der Waals surface area contributed by atoms with Crippen LogP contribution < -0.4 is 10.6 Å². The standard InChI is InChI=1S/C22H25ClN4O3/c1-16(28)26-10-12-27(13-11-26)21(29)14-17-4-8-20(9-5-17)25-22(30)24-15-18-2-6-19(23)7-3-18/h2-9H,10-15H2,1H3,(H2,24,25,30). The van der Waals surface area contributed by atoms with Gasteiger partial charge in [-0.1, -0.05) is 35.9 Å². The van der Waals surface area contributed by atoms with Crippen LogP contribution >= 0.6 is 11.6 Å². The van der Waals surface area contributed by atoms with Crippen LogP contribution in [-0.2, 0) is 22.6 Å². The normalized spacial score (nSPS) is 13.7. The van der Waals surface area contributed by atoms with E-state index in [0.29, 0.717) is 49.9 Å². The fraction of sp³-hybridized carbons (Fsp3) is 0.318. The minimum Gasteiger partial charge on any atom is -0.339 e. The molecular formula is C22H25ClN4O3. The minimum absolute atomic E-state index is 0.0413. The maximum absolute atomic E-state index is 12.5. The summed E-state index contributed by atoms with van der Waals surface area (Å²) in [5, 5.41) is 6.21. The summed E-state index contributed by atoms with van der Waals surface area (Å²) in [6, 6.07) is 14.2. The summed E-state index contributed by atoms with van der Waals surface area (Å²) in [6.45, 7) is 4.22. The van der Waals surface area contributed by atoms with Crippen molar-refractivity contribution in [2.75, 3.05) is 31.5 Å². The van der Waals surface area contributed by atoms with Gasteiger partial charge < -0.3 is 20.4 Å². The van der Waals surface area contributed by atoms with E-state index in [9.17, 15) is 14.4 Å². The molecule has 1 saturated heterocycles. The summed E-state index contributed by atoms with van der Waals surface area (Å²) in [6.07, 6.45) is 0.295. The van der Waals surface area contributed by atoms with E-state index in [4.69, 9.17) is 11.6 Å². The number of anilines is 1. The number of hydrogen-bond donors (Lipinski definition) is 2. The molecule has 0 saturated carbocycles. The average molecular weight is 429 g/mol. The third-order valence-corrected chi connectivity index (χ3v) is 5.26. The van der Waals surface area contributed by atoms with Gasteiger partial charge in [0.25, 0.3) is 0 Å². The first-order chi connectivity index (χ1) is 14.4. The summed E-state index contributed by atoms with van der Waals surface area (Å²) in [7, 11) is 0. The molecule has 1 aliphatic rings. The lowest BCUT2D eigenvalue weighted by Gasteiger charge is -2.34. The van der Waals surface area contributed by atoms with E-state index < -0.39 is 0 Å². The van der Waals surface area contributed by atoms with Crippen LogP contribution in [0, 0.1) is 0 Å². The molecule has 2 aromatic carbocycles. The molecule has 0 aromatic heterocycles. The fourth-order valence-corrected chi connectivity index (χ4v) is 3.35. The topological polar surface area (TPSA) is 81.8 Å². The summed E-state index contributed by atoms with van der Waals surface area (Å²) < 4.78 is 0. The average Bonchev–Trinajstić information content (AvgIpc) is 2.75. The Morgan fingerprint density at radius 2 is 1.43 bits per heavy atom. The maximum atomic E-state index is 12.5. The molecule has 1 fully saturated rings. The van der Waals surface area contributed by atoms with Gasteiger partial charge in [-0.15, -0.1) is 0 Å². The Morgan fingerprint density at radius 3 is 2.03 bits per heavy atom. The molecule has 3 rings (SSSR count). The Bertz CT molecular complexity index is 892. The number of urea groups is 1. The van der Waals surface area contributed by atoms with Crippen molar-refractivity contribution in [2.45, 2.75) is 19.9 Å². The highest BCUT2D eigenvalue weighted by molar-refractivity contribution is 6.30. The summed E-state index contributed by atoms with van der Waals surface area (Å²) in [4.78, 5) is 39.5. The molecule has 7 nitrogen and oxygen atoms in total. The lowest BCUT2D eigenvalue weighted by atomic mass is 10.1. The van der Waals surface area contributed by atoms with Crippen LogP contribution in [0.2, 0.25) is 5.02 Å². The van der Waals surface area contributed by atoms with Crippen molar-refractivity contribution in [3.63, 3.8) is 0 Å². The van der Waals surface area contributed by atoms with Crippen LogP contribution in [0.4, 0.5) is 10.5 Å². The first kappa shape index (κ1) is 21.6. The maximum Gasteiger partial charge on any atom is 0.319 e. The van der Waals surface area contributed by atoms with Crippen LogP contribution in [0.15, 0.2) is 48.5 Å². The largest absolute Gasteiger partial charge is 0.339 e. The first-order valence-electron chi connectivity index (χ1n) is 9.82. The van der Waals surface area contributed by atoms with E-state index in [1.165, 1.54) is 0 Å². The Morgan fingerprint density at radius 1 is 0.867 bits per heavy atom. The Labute approximate surface area is 181 Å². The highest BCUT2D eigenvalue weighted by atomic mass is 35.5. The molecule has 0 bridgehead atoms. The number of hydrogen-bond acceptors (Lipinski definition) is 3. The second-order valence-electron chi connectivity index (χ2n) is 7.19. The Kier molecular flexibility index (Phi) is 7.30. The number of nitrogens with one attached hydrogen (secondary N) is 2. The molecule has 0 unspecified atom stereocenters. The highest BCUT2D eigenvalue weighted by Crippen LogP contribution is 2.13. The number of benzene rings is 2. The van der Waals surface area contributed by atoms with Crippen molar-refractivity contribution in [1.82, 2.24) is 15.1 Å². The number of carbonyl (C=O) groups excluding carboxylic acids is 3. The number of piperazine rings is 1. The molecule has 0 atom stereocenters. The molecule has 8 heteroatoms. The molecule has 0 spiro atoms. The number of amides is 4. The molecular weight excluding hydrogens is 404 g/mol. The van der Waals surface area contributed by atoms with Crippen LogP contribution in [-0.4, -0.2) is 53.8 Å². The summed E-state index contributed by atoms with van der Waals surface area (Å²) in [5.41, 5.74) is 2.48. The molecule has 158 valence electrons. The lowest BCUT2D eigenvalue weighted by Crippen LogP contribution is -2.50. The zero-order valence-corrected chi connectivity index (χ0v) is 17.6. The van der Waals surface area contributed by atoms with Gasteiger partial charge in [-0.3, -0.25) is 9.59 Å². The molecule has 2 N–H and O–H groups in total. The smallest absolute Gasteiger partial charge is 0.319 e. The number of carbonyl (C=O) groups is 3. The van der Waals surface area contributed by atoms with Gasteiger partial charge >= 0.3 is 6.03 Å². The van der Waals surface area contributed by atoms with Crippen molar-refractivity contribution in [2.24, 2.45) is 0 Å². The van der Waals surface area contributed by atoms with Crippen LogP contribution in [0.3, 0.4) is 0 Å². The summed E-state index contributed by atoms with van der Waals surface area (Å²) >= 11 is 5.85. The van der Waals surface area contributed by atoms with Crippen LogP contribution in [0.5, 0.6) is 0 Å². The summed E-state index contributed by atoms with van der Waals surface area (Å²) in [5.74, 6) is 0.0852. The highest BCUT2D eigenvalue weighted by Gasteiger charge is 2.22. The van der Waals surface area contributed by atoms with E-state index in [-0.39, 0.29) is 17.8 Å². The van der Waals surface area contributed by atoms with Crippen molar-refractivity contribution < 1.29 is 14.4 Å². The quantitative estimate of drug-likeness (QED) is 0.768. The third kappa shape index (κ3) is 6.22. The number of nitrogens with zero attached hydrogens (tertiary/aromatic N) is 2. The Balaban J connectivity index is 1.44. The van der Waals surface area contributed by atoms with Crippen LogP contribution in [0.1, 0.15) is 18.1 Å². The molecule has 2 aromatic rings. The molecule has 0 aliphatic carbocycles. The van der Waals surface area contributed by atoms with Gasteiger partial charge in [0.1, 0.15) is 0 Å². The van der Waals surface area contributed by atoms with Gasteiger partial charge in [-0.25, -0.2) is 4.79 Å². The molecule has 4 amide bonds. The van der Waals surface area contributed by atoms with Gasteiger partial charge in [-0.2, -0.15) is 0 Å². The van der Waals surface area contributed by atoms with Crippen LogP contribution in [0.25, 0.3) is 0 Å². The third-order valence-electron chi connectivity index (χ3n) is 5.01. The fourth-order valence-electron chi connectivity index (χ4n) is 3.22. The predicted molar refractivity (Wildman–Crippen MR) is 116 cm³/mol. The van der Waals surface area contributed by atoms with E-state index >= 15 is 0 Å². The molecule has 30 heavy (non-hydrogen) atoms. The molecule has 1 heterocycles. The monoisotopic (exact) mass is 428 g/mol. The predicted octanol–water partition coefficient (Wildman–Crippen LogP) is 2.89. The second-order valence-corrected chi connectivity index (χ2v) is 7.63. The molecule has 0 radical (unpaired) electrons. The Hall–Kier alpha value is -3.06. The van der Waals surface area contributed by atoms with Crippen molar-refractivity contribution in [3.05, 3.63) is 64.7 Å². The first-order valence-corrected chi connectivity index (χ1v) is 10.2. The van der Waals surface area contributed by atoms with Gasteiger partial charge in [0, 0.05) is 50.4 Å². The molecule has 1 aliphatic heterocycles. The lowest BCUT2D eigenvalue weighted by molar-refractivity contribution is -0.138. The zero-order chi connectivity index (χ0) is 21.5. The van der Waals surface area contributed by atoms with Crippen molar-refractivity contribution in [1.29, 1.82) is 0 Å². The van der Waals surface area contributed by atoms with E-state index in [0.717, 1.165) is 11.1 Å². The van der Waals surface area contributed by atoms with Gasteiger partial charge in [0.2, 0.25) is 11.8 Å². The SMILES string of the molecule is CC(=O)N1CCN(C(=O)Cc2ccc(NC(=O)NCc3ccc(Cl)cc3)cc2)CC1. The number of rotatable bonds is 5. The zero-order valence-electron chi connectivity index (χ0n) is 16.9. The van der Waals surface area contributed by atoms with E-state index in [2.05, 4.69) is 10.6 Å². The van der Waals surface area contributed by atoms with Gasteiger partial charge in [0.05, 0.1) is 6.42 Å². The minimum atomic E-state index is -0.308. The van der Waals surface area contributed by atoms with E-state index in [1.807, 2.05) is 24.3 Å². The van der Waals surface area contributed by atoms with Gasteiger partial charge in [-0.05, 0) is 35.4 Å². The van der Waals surface area contributed by atoms with Gasteiger partial charge in [0.15, 0.2) is 0 Å². The number of halogens is 1.